The molecule has 0 heterocycles. The van der Waals surface area contributed by atoms with Gasteiger partial charge in [0.15, 0.2) is 11.5 Å². The molecule has 1 N–H and O–H groups in total. The molecule has 3 rings (SSSR count). The molecule has 0 radical (unpaired) electrons. The third-order valence-electron chi connectivity index (χ3n) is 4.72. The summed E-state index contributed by atoms with van der Waals surface area (Å²) in [4.78, 5) is 12.1. The molecule has 156 valence electrons. The van der Waals surface area contributed by atoms with Crippen LogP contribution in [-0.2, 0) is 24.2 Å². The van der Waals surface area contributed by atoms with E-state index >= 15 is 0 Å². The van der Waals surface area contributed by atoms with Gasteiger partial charge in [0.05, 0.1) is 20.6 Å². The van der Waals surface area contributed by atoms with Gasteiger partial charge in [-0.05, 0) is 47.4 Å². The van der Waals surface area contributed by atoms with Crippen LogP contribution >= 0.6 is 0 Å². The highest BCUT2D eigenvalue weighted by Gasteiger charge is 2.08. The van der Waals surface area contributed by atoms with Crippen LogP contribution in [0.1, 0.15) is 16.7 Å². The molecule has 0 fully saturated rings. The van der Waals surface area contributed by atoms with Gasteiger partial charge in [0, 0.05) is 6.54 Å². The Morgan fingerprint density at radius 1 is 0.800 bits per heavy atom. The maximum absolute atomic E-state index is 12.1. The summed E-state index contributed by atoms with van der Waals surface area (Å²) in [6.07, 6.45) is 1.10. The Labute approximate surface area is 177 Å². The van der Waals surface area contributed by atoms with Crippen molar-refractivity contribution in [2.24, 2.45) is 0 Å². The number of benzene rings is 3. The number of hydrogen-bond donors (Lipinski definition) is 1. The second kappa shape index (κ2) is 10.9. The van der Waals surface area contributed by atoms with Gasteiger partial charge in [-0.3, -0.25) is 4.79 Å². The van der Waals surface area contributed by atoms with Gasteiger partial charge < -0.3 is 19.5 Å². The average Bonchev–Trinajstić information content (AvgIpc) is 2.79. The minimum Gasteiger partial charge on any atom is -0.497 e. The molecule has 0 saturated carbocycles. The van der Waals surface area contributed by atoms with Crippen molar-refractivity contribution in [2.45, 2.75) is 19.4 Å². The monoisotopic (exact) mass is 405 g/mol. The molecule has 0 aromatic heterocycles. The summed E-state index contributed by atoms with van der Waals surface area (Å²) in [6, 6.07) is 23.3. The van der Waals surface area contributed by atoms with Crippen LogP contribution in [0.15, 0.2) is 72.8 Å². The third-order valence-corrected chi connectivity index (χ3v) is 4.72. The molecule has 0 aliphatic heterocycles. The lowest BCUT2D eigenvalue weighted by Crippen LogP contribution is -2.27. The van der Waals surface area contributed by atoms with Crippen molar-refractivity contribution in [1.82, 2.24) is 5.32 Å². The number of carbonyl (C=O) groups excluding carboxylic acids is 1. The molecule has 0 aliphatic carbocycles. The largest absolute Gasteiger partial charge is 0.497 e. The number of ether oxygens (including phenoxy) is 3. The van der Waals surface area contributed by atoms with Crippen molar-refractivity contribution < 1.29 is 19.0 Å². The van der Waals surface area contributed by atoms with E-state index in [1.165, 1.54) is 0 Å². The van der Waals surface area contributed by atoms with Gasteiger partial charge in [0.25, 0.3) is 0 Å². The van der Waals surface area contributed by atoms with Gasteiger partial charge in [-0.1, -0.05) is 48.5 Å². The first-order valence-corrected chi connectivity index (χ1v) is 9.91. The minimum atomic E-state index is 0.0192. The van der Waals surface area contributed by atoms with Gasteiger partial charge in [-0.15, -0.1) is 0 Å². The summed E-state index contributed by atoms with van der Waals surface area (Å²) >= 11 is 0. The molecular weight excluding hydrogens is 378 g/mol. The van der Waals surface area contributed by atoms with E-state index in [-0.39, 0.29) is 5.91 Å². The molecule has 1 amide bonds. The predicted octanol–water partition coefficient (Wildman–Crippen LogP) is 4.18. The first-order chi connectivity index (χ1) is 14.7. The van der Waals surface area contributed by atoms with E-state index in [0.717, 1.165) is 22.4 Å². The first kappa shape index (κ1) is 21.2. The molecule has 3 aromatic rings. The fourth-order valence-corrected chi connectivity index (χ4v) is 3.06. The minimum absolute atomic E-state index is 0.0192. The molecule has 0 saturated heterocycles. The molecule has 0 spiro atoms. The highest BCUT2D eigenvalue weighted by molar-refractivity contribution is 5.78. The lowest BCUT2D eigenvalue weighted by Gasteiger charge is -2.13. The molecular formula is C25H27NO4. The second-order valence-corrected chi connectivity index (χ2v) is 6.88. The van der Waals surface area contributed by atoms with E-state index in [4.69, 9.17) is 14.2 Å². The van der Waals surface area contributed by atoms with Gasteiger partial charge in [-0.2, -0.15) is 0 Å². The van der Waals surface area contributed by atoms with Crippen LogP contribution in [0.25, 0.3) is 0 Å². The average molecular weight is 405 g/mol. The summed E-state index contributed by atoms with van der Waals surface area (Å²) in [5.74, 6) is 2.19. The van der Waals surface area contributed by atoms with E-state index in [1.807, 2.05) is 72.8 Å². The van der Waals surface area contributed by atoms with Crippen LogP contribution in [0.4, 0.5) is 0 Å². The number of carbonyl (C=O) groups is 1. The van der Waals surface area contributed by atoms with Crippen molar-refractivity contribution in [3.63, 3.8) is 0 Å². The smallest absolute Gasteiger partial charge is 0.224 e. The van der Waals surface area contributed by atoms with Crippen LogP contribution in [0.3, 0.4) is 0 Å². The van der Waals surface area contributed by atoms with Crippen LogP contribution in [0.2, 0.25) is 0 Å². The zero-order chi connectivity index (χ0) is 21.2. The summed E-state index contributed by atoms with van der Waals surface area (Å²) in [5.41, 5.74) is 3.12. The quantitative estimate of drug-likeness (QED) is 0.550. The number of methoxy groups -OCH3 is 2. The highest BCUT2D eigenvalue weighted by Crippen LogP contribution is 2.29. The number of amides is 1. The van der Waals surface area contributed by atoms with Crippen molar-refractivity contribution in [3.05, 3.63) is 89.5 Å². The molecule has 0 aliphatic rings. The lowest BCUT2D eigenvalue weighted by atomic mass is 10.1. The van der Waals surface area contributed by atoms with Gasteiger partial charge in [0.1, 0.15) is 12.4 Å². The van der Waals surface area contributed by atoms with Crippen molar-refractivity contribution in [1.29, 1.82) is 0 Å². The Balaban J connectivity index is 1.53. The Morgan fingerprint density at radius 3 is 2.23 bits per heavy atom. The molecule has 0 bridgehead atoms. The van der Waals surface area contributed by atoms with E-state index < -0.39 is 0 Å². The summed E-state index contributed by atoms with van der Waals surface area (Å²) in [6.45, 7) is 0.994. The Bertz CT molecular complexity index is 939. The first-order valence-electron chi connectivity index (χ1n) is 9.91. The van der Waals surface area contributed by atoms with E-state index in [9.17, 15) is 4.79 Å². The fourth-order valence-electron chi connectivity index (χ4n) is 3.06. The topological polar surface area (TPSA) is 56.8 Å². The van der Waals surface area contributed by atoms with E-state index in [2.05, 4.69) is 5.32 Å². The van der Waals surface area contributed by atoms with Crippen LogP contribution in [0, 0.1) is 0 Å². The Kier molecular flexibility index (Phi) is 7.72. The SMILES string of the molecule is COc1ccc(COc2cc(CCNC(=O)Cc3ccccc3)ccc2OC)cc1. The molecule has 5 heteroatoms. The number of hydrogen-bond acceptors (Lipinski definition) is 4. The van der Waals surface area contributed by atoms with Gasteiger partial charge in [-0.25, -0.2) is 0 Å². The molecule has 0 atom stereocenters. The van der Waals surface area contributed by atoms with Crippen LogP contribution in [-0.4, -0.2) is 26.7 Å². The second-order valence-electron chi connectivity index (χ2n) is 6.88. The zero-order valence-electron chi connectivity index (χ0n) is 17.4. The standard InChI is InChI=1S/C25H27NO4/c1-28-22-11-8-21(9-12-22)18-30-24-16-20(10-13-23(24)29-2)14-15-26-25(27)17-19-6-4-3-5-7-19/h3-13,16H,14-15,17-18H2,1-2H3,(H,26,27). The van der Waals surface area contributed by atoms with Crippen LogP contribution < -0.4 is 19.5 Å². The maximum atomic E-state index is 12.1. The fraction of sp³-hybridized carbons (Fsp3) is 0.240. The molecule has 5 nitrogen and oxygen atoms in total. The highest BCUT2D eigenvalue weighted by atomic mass is 16.5. The van der Waals surface area contributed by atoms with Crippen molar-refractivity contribution in [2.75, 3.05) is 20.8 Å². The van der Waals surface area contributed by atoms with E-state index in [0.29, 0.717) is 37.5 Å². The van der Waals surface area contributed by atoms with Crippen molar-refractivity contribution in [3.8, 4) is 17.2 Å². The Morgan fingerprint density at radius 2 is 1.53 bits per heavy atom. The summed E-state index contributed by atoms with van der Waals surface area (Å²) in [5, 5.41) is 2.97. The molecule has 3 aromatic carbocycles. The van der Waals surface area contributed by atoms with Crippen molar-refractivity contribution >= 4 is 5.91 Å². The number of nitrogens with one attached hydrogen (secondary N) is 1. The normalized spacial score (nSPS) is 10.3. The summed E-state index contributed by atoms with van der Waals surface area (Å²) < 4.78 is 16.6. The Hall–Kier alpha value is -3.47. The maximum Gasteiger partial charge on any atom is 0.224 e. The molecule has 0 unspecified atom stereocenters. The van der Waals surface area contributed by atoms with Crippen LogP contribution in [0.5, 0.6) is 17.2 Å². The zero-order valence-corrected chi connectivity index (χ0v) is 17.4. The summed E-state index contributed by atoms with van der Waals surface area (Å²) in [7, 11) is 3.27. The molecule has 30 heavy (non-hydrogen) atoms. The predicted molar refractivity (Wildman–Crippen MR) is 117 cm³/mol. The van der Waals surface area contributed by atoms with Gasteiger partial charge in [0.2, 0.25) is 5.91 Å². The lowest BCUT2D eigenvalue weighted by molar-refractivity contribution is -0.120. The number of rotatable bonds is 10. The third kappa shape index (κ3) is 6.27. The van der Waals surface area contributed by atoms with Gasteiger partial charge >= 0.3 is 0 Å². The van der Waals surface area contributed by atoms with E-state index in [1.54, 1.807) is 14.2 Å².